The maximum absolute atomic E-state index is 12.3. The van der Waals surface area contributed by atoms with Crippen molar-refractivity contribution in [2.45, 2.75) is 18.1 Å². The molecule has 0 aromatic heterocycles. The summed E-state index contributed by atoms with van der Waals surface area (Å²) in [6, 6.07) is 14.2. The van der Waals surface area contributed by atoms with Crippen LogP contribution < -0.4 is 5.32 Å². The second-order valence-electron chi connectivity index (χ2n) is 6.30. The summed E-state index contributed by atoms with van der Waals surface area (Å²) in [6.45, 7) is 0. The van der Waals surface area contributed by atoms with E-state index in [0.717, 1.165) is 11.1 Å². The molecule has 1 aliphatic heterocycles. The van der Waals surface area contributed by atoms with Crippen LogP contribution in [0.4, 0.5) is 0 Å². The van der Waals surface area contributed by atoms with Gasteiger partial charge in [0.15, 0.2) is 0 Å². The van der Waals surface area contributed by atoms with Crippen molar-refractivity contribution in [3.63, 3.8) is 0 Å². The Morgan fingerprint density at radius 2 is 2.00 bits per heavy atom. The maximum Gasteiger partial charge on any atom is 0.337 e. The molecule has 3 rings (SSSR count). The maximum atomic E-state index is 12.3. The number of amides is 1. The van der Waals surface area contributed by atoms with Gasteiger partial charge in [-0.1, -0.05) is 41.4 Å². The van der Waals surface area contributed by atoms with Crippen molar-refractivity contribution in [3.8, 4) is 6.07 Å². The van der Waals surface area contributed by atoms with E-state index in [9.17, 15) is 14.9 Å². The molecule has 2 aromatic rings. The van der Waals surface area contributed by atoms with Gasteiger partial charge in [-0.05, 0) is 35.4 Å². The number of allylic oxidation sites excluding steroid dienone is 1. The summed E-state index contributed by atoms with van der Waals surface area (Å²) in [6.07, 6.45) is 0.159. The van der Waals surface area contributed by atoms with E-state index < -0.39 is 5.97 Å². The molecule has 1 N–H and O–H groups in total. The highest BCUT2D eigenvalue weighted by Gasteiger charge is 2.29. The first-order chi connectivity index (χ1) is 13.9. The van der Waals surface area contributed by atoms with Crippen LogP contribution in [0.2, 0.25) is 10.0 Å². The fraction of sp³-hybridized carbons (Fsp3) is 0.190. The number of rotatable bonds is 5. The van der Waals surface area contributed by atoms with Crippen LogP contribution >= 0.6 is 35.0 Å². The van der Waals surface area contributed by atoms with Gasteiger partial charge in [0.1, 0.15) is 0 Å². The van der Waals surface area contributed by atoms with Crippen molar-refractivity contribution in [2.75, 3.05) is 7.11 Å². The number of hydrogen-bond donors (Lipinski definition) is 1. The van der Waals surface area contributed by atoms with E-state index >= 15 is 0 Å². The quantitative estimate of drug-likeness (QED) is 0.649. The topological polar surface area (TPSA) is 79.2 Å². The monoisotopic (exact) mass is 446 g/mol. The van der Waals surface area contributed by atoms with Crippen LogP contribution in [0.1, 0.15) is 33.8 Å². The molecule has 1 aliphatic rings. The van der Waals surface area contributed by atoms with Crippen molar-refractivity contribution in [1.82, 2.24) is 5.32 Å². The smallest absolute Gasteiger partial charge is 0.337 e. The number of ether oxygens (including phenoxy) is 1. The van der Waals surface area contributed by atoms with Crippen LogP contribution in [0, 0.1) is 11.3 Å². The van der Waals surface area contributed by atoms with E-state index in [1.807, 2.05) is 6.07 Å². The normalized spacial score (nSPS) is 16.2. The highest BCUT2D eigenvalue weighted by atomic mass is 35.5. The van der Waals surface area contributed by atoms with Gasteiger partial charge in [0.2, 0.25) is 5.91 Å². The standard InChI is InChI=1S/C21H16Cl2N2O3S/c1-28-21(27)13-4-2-12(3-5-13)16-9-19(26)25-20(17(16)10-24)29-11-14-6-7-15(22)8-18(14)23/h2-8,16H,9,11H2,1H3,(H,25,26)/t16-/m1/s1. The molecule has 0 unspecified atom stereocenters. The highest BCUT2D eigenvalue weighted by molar-refractivity contribution is 8.02. The lowest BCUT2D eigenvalue weighted by atomic mass is 9.87. The molecule has 0 fully saturated rings. The molecule has 1 atom stereocenters. The number of halogens is 2. The predicted octanol–water partition coefficient (Wildman–Crippen LogP) is 5.05. The first-order valence-corrected chi connectivity index (χ1v) is 10.4. The summed E-state index contributed by atoms with van der Waals surface area (Å²) in [5.74, 6) is -0.519. The zero-order valence-electron chi connectivity index (χ0n) is 15.4. The molecule has 0 saturated heterocycles. The number of nitriles is 1. The van der Waals surface area contributed by atoms with Gasteiger partial charge in [-0.2, -0.15) is 5.26 Å². The third-order valence-corrected chi connectivity index (χ3v) is 6.13. The van der Waals surface area contributed by atoms with Gasteiger partial charge in [-0.15, -0.1) is 11.8 Å². The fourth-order valence-electron chi connectivity index (χ4n) is 2.98. The van der Waals surface area contributed by atoms with Crippen molar-refractivity contribution in [3.05, 3.63) is 79.8 Å². The van der Waals surface area contributed by atoms with Gasteiger partial charge >= 0.3 is 5.97 Å². The Balaban J connectivity index is 1.87. The van der Waals surface area contributed by atoms with Crippen molar-refractivity contribution in [1.29, 1.82) is 5.26 Å². The van der Waals surface area contributed by atoms with Gasteiger partial charge < -0.3 is 10.1 Å². The van der Waals surface area contributed by atoms with Crippen molar-refractivity contribution in [2.24, 2.45) is 0 Å². The van der Waals surface area contributed by atoms with E-state index in [-0.39, 0.29) is 18.2 Å². The number of hydrogen-bond acceptors (Lipinski definition) is 5. The summed E-state index contributed by atoms with van der Waals surface area (Å²) in [5.41, 5.74) is 2.52. The predicted molar refractivity (Wildman–Crippen MR) is 114 cm³/mol. The van der Waals surface area contributed by atoms with Crippen LogP contribution in [-0.2, 0) is 15.3 Å². The minimum atomic E-state index is -0.440. The van der Waals surface area contributed by atoms with Crippen LogP contribution in [0.15, 0.2) is 53.1 Å². The SMILES string of the molecule is COC(=O)c1ccc([C@H]2CC(=O)NC(SCc3ccc(Cl)cc3Cl)=C2C#N)cc1. The number of thioether (sulfide) groups is 1. The van der Waals surface area contributed by atoms with E-state index in [0.29, 0.717) is 32.0 Å². The molecule has 1 amide bonds. The van der Waals surface area contributed by atoms with Crippen LogP contribution in [-0.4, -0.2) is 19.0 Å². The first kappa shape index (κ1) is 21.3. The Labute approximate surface area is 182 Å². The lowest BCUT2D eigenvalue weighted by Crippen LogP contribution is -2.30. The number of carbonyl (C=O) groups excluding carboxylic acids is 2. The van der Waals surface area contributed by atoms with Crippen LogP contribution in [0.25, 0.3) is 0 Å². The van der Waals surface area contributed by atoms with Crippen LogP contribution in [0.3, 0.4) is 0 Å². The van der Waals surface area contributed by atoms with Gasteiger partial charge in [0.05, 0.1) is 29.3 Å². The molecule has 0 radical (unpaired) electrons. The lowest BCUT2D eigenvalue weighted by molar-refractivity contribution is -0.120. The second kappa shape index (κ2) is 9.36. The summed E-state index contributed by atoms with van der Waals surface area (Å²) in [4.78, 5) is 23.9. The van der Waals surface area contributed by atoms with Gasteiger partial charge in [-0.3, -0.25) is 4.79 Å². The molecule has 0 saturated carbocycles. The zero-order valence-corrected chi connectivity index (χ0v) is 17.7. The molecule has 148 valence electrons. The lowest BCUT2D eigenvalue weighted by Gasteiger charge is -2.25. The Morgan fingerprint density at radius 3 is 2.62 bits per heavy atom. The van der Waals surface area contributed by atoms with Crippen molar-refractivity contribution >= 4 is 46.8 Å². The Kier molecular flexibility index (Phi) is 6.86. The Hall–Kier alpha value is -2.46. The molecular formula is C21H16Cl2N2O3S. The number of nitrogens with zero attached hydrogens (tertiary/aromatic N) is 1. The molecule has 0 aliphatic carbocycles. The number of nitrogens with one attached hydrogen (secondary N) is 1. The zero-order chi connectivity index (χ0) is 21.0. The number of methoxy groups -OCH3 is 1. The highest BCUT2D eigenvalue weighted by Crippen LogP contribution is 2.37. The molecule has 29 heavy (non-hydrogen) atoms. The molecule has 2 aromatic carbocycles. The van der Waals surface area contributed by atoms with Crippen molar-refractivity contribution < 1.29 is 14.3 Å². The second-order valence-corrected chi connectivity index (χ2v) is 8.13. The summed E-state index contributed by atoms with van der Waals surface area (Å²) in [7, 11) is 1.31. The van der Waals surface area contributed by atoms with E-state index in [4.69, 9.17) is 27.9 Å². The minimum absolute atomic E-state index is 0.159. The van der Waals surface area contributed by atoms with E-state index in [2.05, 4.69) is 11.4 Å². The number of carbonyl (C=O) groups is 2. The summed E-state index contributed by atoms with van der Waals surface area (Å²) in [5, 5.41) is 14.1. The Morgan fingerprint density at radius 1 is 1.28 bits per heavy atom. The minimum Gasteiger partial charge on any atom is -0.465 e. The number of esters is 1. The van der Waals surface area contributed by atoms with Gasteiger partial charge in [-0.25, -0.2) is 4.79 Å². The molecule has 0 bridgehead atoms. The molecule has 0 spiro atoms. The molecular weight excluding hydrogens is 431 g/mol. The fourth-order valence-corrected chi connectivity index (χ4v) is 4.61. The number of benzene rings is 2. The molecule has 5 nitrogen and oxygen atoms in total. The summed E-state index contributed by atoms with van der Waals surface area (Å²) >= 11 is 13.5. The van der Waals surface area contributed by atoms with E-state index in [1.165, 1.54) is 18.9 Å². The van der Waals surface area contributed by atoms with Gasteiger partial charge in [0.25, 0.3) is 0 Å². The third kappa shape index (κ3) is 4.94. The molecule has 1 heterocycles. The summed E-state index contributed by atoms with van der Waals surface area (Å²) < 4.78 is 4.70. The third-order valence-electron chi connectivity index (χ3n) is 4.48. The van der Waals surface area contributed by atoms with Gasteiger partial charge in [0, 0.05) is 28.1 Å². The first-order valence-electron chi connectivity index (χ1n) is 8.62. The Bertz CT molecular complexity index is 1030. The van der Waals surface area contributed by atoms with E-state index in [1.54, 1.807) is 36.4 Å². The average molecular weight is 447 g/mol. The van der Waals surface area contributed by atoms with Crippen LogP contribution in [0.5, 0.6) is 0 Å². The average Bonchev–Trinajstić information content (AvgIpc) is 2.72. The largest absolute Gasteiger partial charge is 0.465 e. The molecule has 8 heteroatoms.